The van der Waals surface area contributed by atoms with Crippen molar-refractivity contribution in [3.05, 3.63) is 45.9 Å². The molecule has 0 aliphatic rings. The maximum absolute atomic E-state index is 12.3. The number of nitrogens with zero attached hydrogens (tertiary/aromatic N) is 2. The molecule has 100 valence electrons. The van der Waals surface area contributed by atoms with Gasteiger partial charge in [0.05, 0.1) is 6.21 Å². The van der Waals surface area contributed by atoms with Gasteiger partial charge in [-0.25, -0.2) is 4.98 Å². The number of hydrazone groups is 1. The van der Waals surface area contributed by atoms with Gasteiger partial charge >= 0.3 is 6.18 Å². The van der Waals surface area contributed by atoms with Crippen LogP contribution in [0.2, 0.25) is 5.02 Å². The highest BCUT2D eigenvalue weighted by Gasteiger charge is 2.33. The number of anilines is 1. The van der Waals surface area contributed by atoms with Crippen LogP contribution in [-0.2, 0) is 6.18 Å². The predicted molar refractivity (Wildman–Crippen MR) is 69.8 cm³/mol. The molecule has 0 aliphatic heterocycles. The molecule has 0 spiro atoms. The molecule has 19 heavy (non-hydrogen) atoms. The summed E-state index contributed by atoms with van der Waals surface area (Å²) < 4.78 is 36.9. The van der Waals surface area contributed by atoms with Gasteiger partial charge in [-0.3, -0.25) is 5.43 Å². The van der Waals surface area contributed by atoms with Crippen LogP contribution in [0, 0.1) is 0 Å². The highest BCUT2D eigenvalue weighted by atomic mass is 35.5. The molecule has 1 N–H and O–H groups in total. The Kier molecular flexibility index (Phi) is 4.06. The molecule has 0 aliphatic carbocycles. The van der Waals surface area contributed by atoms with Crippen molar-refractivity contribution in [2.45, 2.75) is 6.18 Å². The molecule has 0 radical (unpaired) electrons. The highest BCUT2D eigenvalue weighted by Crippen LogP contribution is 2.31. The third-order valence-corrected chi connectivity index (χ3v) is 3.04. The lowest BCUT2D eigenvalue weighted by Crippen LogP contribution is -2.05. The Morgan fingerprint density at radius 2 is 1.95 bits per heavy atom. The average Bonchev–Trinajstić information content (AvgIpc) is 2.80. The highest BCUT2D eigenvalue weighted by molar-refractivity contribution is 7.13. The van der Waals surface area contributed by atoms with Gasteiger partial charge in [0.25, 0.3) is 0 Å². The molecule has 8 heteroatoms. The summed E-state index contributed by atoms with van der Waals surface area (Å²) in [4.78, 5) is 3.37. The Balaban J connectivity index is 1.99. The second kappa shape index (κ2) is 5.58. The van der Waals surface area contributed by atoms with Crippen molar-refractivity contribution in [1.29, 1.82) is 0 Å². The zero-order valence-electron chi connectivity index (χ0n) is 9.28. The average molecular weight is 306 g/mol. The SMILES string of the molecule is FC(F)(F)c1csc(NN=Cc2ccc(Cl)cc2)n1. The smallest absolute Gasteiger partial charge is 0.253 e. The van der Waals surface area contributed by atoms with E-state index in [0.717, 1.165) is 22.3 Å². The monoisotopic (exact) mass is 305 g/mol. The normalized spacial score (nSPS) is 12.0. The van der Waals surface area contributed by atoms with Crippen molar-refractivity contribution >= 4 is 34.3 Å². The molecule has 0 bridgehead atoms. The minimum atomic E-state index is -4.43. The maximum atomic E-state index is 12.3. The molecule has 1 aromatic carbocycles. The van der Waals surface area contributed by atoms with Gasteiger partial charge < -0.3 is 0 Å². The Morgan fingerprint density at radius 1 is 1.26 bits per heavy atom. The van der Waals surface area contributed by atoms with Crippen LogP contribution < -0.4 is 5.43 Å². The lowest BCUT2D eigenvalue weighted by molar-refractivity contribution is -0.140. The Hall–Kier alpha value is -1.60. The number of aromatic nitrogens is 1. The van der Waals surface area contributed by atoms with Crippen molar-refractivity contribution < 1.29 is 13.2 Å². The fourth-order valence-electron chi connectivity index (χ4n) is 1.17. The summed E-state index contributed by atoms with van der Waals surface area (Å²) in [6, 6.07) is 6.84. The number of halogens is 4. The molecule has 0 amide bonds. The van der Waals surface area contributed by atoms with Crippen molar-refractivity contribution in [2.24, 2.45) is 5.10 Å². The summed E-state index contributed by atoms with van der Waals surface area (Å²) in [7, 11) is 0. The number of thiazole rings is 1. The molecule has 1 heterocycles. The molecule has 2 rings (SSSR count). The first-order valence-corrected chi connectivity index (χ1v) is 6.28. The fourth-order valence-corrected chi connectivity index (χ4v) is 1.96. The van der Waals surface area contributed by atoms with Crippen molar-refractivity contribution in [3.8, 4) is 0 Å². The van der Waals surface area contributed by atoms with E-state index in [0.29, 0.717) is 5.02 Å². The van der Waals surface area contributed by atoms with Crippen molar-refractivity contribution in [1.82, 2.24) is 4.98 Å². The van der Waals surface area contributed by atoms with Crippen LogP contribution in [0.15, 0.2) is 34.7 Å². The number of hydrogen-bond donors (Lipinski definition) is 1. The van der Waals surface area contributed by atoms with E-state index in [4.69, 9.17) is 11.6 Å². The molecular weight excluding hydrogens is 299 g/mol. The summed E-state index contributed by atoms with van der Waals surface area (Å²) in [5, 5.41) is 5.41. The van der Waals surface area contributed by atoms with Crippen LogP contribution in [0.3, 0.4) is 0 Å². The molecule has 1 aromatic heterocycles. The van der Waals surface area contributed by atoms with Crippen LogP contribution in [0.25, 0.3) is 0 Å². The minimum absolute atomic E-state index is 0.0811. The first-order valence-electron chi connectivity index (χ1n) is 5.02. The number of benzene rings is 1. The second-order valence-electron chi connectivity index (χ2n) is 3.46. The van der Waals surface area contributed by atoms with Gasteiger partial charge in [0.2, 0.25) is 5.13 Å². The summed E-state index contributed by atoms with van der Waals surface area (Å²) in [6.45, 7) is 0. The standard InChI is InChI=1S/C11H7ClF3N3S/c12-8-3-1-7(2-4-8)5-16-18-10-17-9(6-19-10)11(13,14)15/h1-6H,(H,17,18). The molecule has 0 atom stereocenters. The first kappa shape index (κ1) is 13.8. The van der Waals surface area contributed by atoms with Gasteiger partial charge in [-0.2, -0.15) is 18.3 Å². The van der Waals surface area contributed by atoms with E-state index in [-0.39, 0.29) is 5.13 Å². The summed E-state index contributed by atoms with van der Waals surface area (Å²) >= 11 is 6.55. The maximum Gasteiger partial charge on any atom is 0.434 e. The molecule has 3 nitrogen and oxygen atoms in total. The lowest BCUT2D eigenvalue weighted by Gasteiger charge is -1.99. The Labute approximate surface area is 115 Å². The number of hydrogen-bond acceptors (Lipinski definition) is 4. The topological polar surface area (TPSA) is 37.3 Å². The minimum Gasteiger partial charge on any atom is -0.253 e. The molecule has 2 aromatic rings. The zero-order chi connectivity index (χ0) is 13.9. The zero-order valence-corrected chi connectivity index (χ0v) is 10.9. The molecule has 0 fully saturated rings. The van der Waals surface area contributed by atoms with Gasteiger partial charge in [0.1, 0.15) is 0 Å². The van der Waals surface area contributed by atoms with E-state index in [9.17, 15) is 13.2 Å². The quantitative estimate of drug-likeness (QED) is 0.679. The van der Waals surface area contributed by atoms with Gasteiger partial charge in [0, 0.05) is 10.4 Å². The Bertz CT molecular complexity index is 578. The van der Waals surface area contributed by atoms with Crippen LogP contribution in [0.5, 0.6) is 0 Å². The Morgan fingerprint density at radius 3 is 2.53 bits per heavy atom. The first-order chi connectivity index (χ1) is 8.95. The van der Waals surface area contributed by atoms with Crippen LogP contribution in [-0.4, -0.2) is 11.2 Å². The molecule has 0 saturated heterocycles. The molecule has 0 unspecified atom stereocenters. The number of nitrogens with one attached hydrogen (secondary N) is 1. The van der Waals surface area contributed by atoms with E-state index in [1.807, 2.05) is 0 Å². The third kappa shape index (κ3) is 3.93. The van der Waals surface area contributed by atoms with Crippen LogP contribution in [0.1, 0.15) is 11.3 Å². The summed E-state index contributed by atoms with van der Waals surface area (Å²) in [5.41, 5.74) is 2.28. The van der Waals surface area contributed by atoms with Gasteiger partial charge in [-0.15, -0.1) is 11.3 Å². The van der Waals surface area contributed by atoms with Gasteiger partial charge in [-0.1, -0.05) is 23.7 Å². The van der Waals surface area contributed by atoms with E-state index in [1.54, 1.807) is 24.3 Å². The predicted octanol–water partition coefficient (Wildman–Crippen LogP) is 4.26. The largest absolute Gasteiger partial charge is 0.434 e. The summed E-state index contributed by atoms with van der Waals surface area (Å²) in [6.07, 6.45) is -2.97. The number of alkyl halides is 3. The molecule has 0 saturated carbocycles. The summed E-state index contributed by atoms with van der Waals surface area (Å²) in [5.74, 6) is 0. The fraction of sp³-hybridized carbons (Fsp3) is 0.0909. The number of rotatable bonds is 3. The molecular formula is C11H7ClF3N3S. The second-order valence-corrected chi connectivity index (χ2v) is 4.75. The van der Waals surface area contributed by atoms with Gasteiger partial charge in [-0.05, 0) is 17.7 Å². The van der Waals surface area contributed by atoms with Gasteiger partial charge in [0.15, 0.2) is 5.69 Å². The van der Waals surface area contributed by atoms with E-state index in [1.165, 1.54) is 6.21 Å². The van der Waals surface area contributed by atoms with E-state index < -0.39 is 11.9 Å². The van der Waals surface area contributed by atoms with E-state index >= 15 is 0 Å². The lowest BCUT2D eigenvalue weighted by atomic mass is 10.2. The van der Waals surface area contributed by atoms with Crippen molar-refractivity contribution in [3.63, 3.8) is 0 Å². The third-order valence-electron chi connectivity index (χ3n) is 2.04. The van der Waals surface area contributed by atoms with E-state index in [2.05, 4.69) is 15.5 Å². The van der Waals surface area contributed by atoms with Crippen molar-refractivity contribution in [2.75, 3.05) is 5.43 Å². The van der Waals surface area contributed by atoms with Crippen LogP contribution in [0.4, 0.5) is 18.3 Å². The van der Waals surface area contributed by atoms with Crippen LogP contribution >= 0.6 is 22.9 Å².